The summed E-state index contributed by atoms with van der Waals surface area (Å²) < 4.78 is 10.7. The molecule has 2 rings (SSSR count). The second-order valence-corrected chi connectivity index (χ2v) is 5.51. The van der Waals surface area contributed by atoms with Crippen LogP contribution in [0.4, 0.5) is 5.69 Å². The molecule has 0 atom stereocenters. The van der Waals surface area contributed by atoms with Gasteiger partial charge >= 0.3 is 0 Å². The Morgan fingerprint density at radius 1 is 1.26 bits per heavy atom. The van der Waals surface area contributed by atoms with Crippen molar-refractivity contribution >= 4 is 5.69 Å². The molecular formula is C15H23NO3. The highest BCUT2D eigenvalue weighted by Crippen LogP contribution is 2.47. The van der Waals surface area contributed by atoms with E-state index in [4.69, 9.17) is 9.47 Å². The summed E-state index contributed by atoms with van der Waals surface area (Å²) in [5, 5.41) is 9.45. The summed E-state index contributed by atoms with van der Waals surface area (Å²) in [6, 6.07) is 3.91. The molecule has 106 valence electrons. The van der Waals surface area contributed by atoms with Gasteiger partial charge in [0.15, 0.2) is 0 Å². The average molecular weight is 265 g/mol. The SMILES string of the molecule is COc1cc(C)c(N(C)CC2(CO)CC2)c(OC)c1. The van der Waals surface area contributed by atoms with Gasteiger partial charge in [0.05, 0.1) is 26.5 Å². The largest absolute Gasteiger partial charge is 0.497 e. The Kier molecular flexibility index (Phi) is 3.90. The second-order valence-electron chi connectivity index (χ2n) is 5.51. The molecule has 1 fully saturated rings. The number of hydrogen-bond acceptors (Lipinski definition) is 4. The number of rotatable bonds is 6. The van der Waals surface area contributed by atoms with E-state index in [1.54, 1.807) is 14.2 Å². The molecule has 0 spiro atoms. The summed E-state index contributed by atoms with van der Waals surface area (Å²) in [7, 11) is 5.38. The van der Waals surface area contributed by atoms with Crippen LogP contribution in [0.1, 0.15) is 18.4 Å². The molecule has 0 unspecified atom stereocenters. The molecular weight excluding hydrogens is 242 g/mol. The van der Waals surface area contributed by atoms with E-state index in [9.17, 15) is 5.11 Å². The van der Waals surface area contributed by atoms with Crippen LogP contribution in [0.25, 0.3) is 0 Å². The van der Waals surface area contributed by atoms with E-state index in [1.165, 1.54) is 0 Å². The topological polar surface area (TPSA) is 41.9 Å². The smallest absolute Gasteiger partial charge is 0.146 e. The van der Waals surface area contributed by atoms with Crippen molar-refractivity contribution in [1.29, 1.82) is 0 Å². The van der Waals surface area contributed by atoms with E-state index in [2.05, 4.69) is 11.8 Å². The Labute approximate surface area is 114 Å². The van der Waals surface area contributed by atoms with E-state index < -0.39 is 0 Å². The highest BCUT2D eigenvalue weighted by molar-refractivity contribution is 5.66. The lowest BCUT2D eigenvalue weighted by molar-refractivity contribution is 0.215. The Morgan fingerprint density at radius 2 is 1.95 bits per heavy atom. The number of hydrogen-bond donors (Lipinski definition) is 1. The van der Waals surface area contributed by atoms with Gasteiger partial charge in [-0.2, -0.15) is 0 Å². The number of methoxy groups -OCH3 is 2. The van der Waals surface area contributed by atoms with Gasteiger partial charge in [-0.05, 0) is 31.4 Å². The molecule has 4 heteroatoms. The number of aliphatic hydroxyl groups is 1. The normalized spacial score (nSPS) is 16.1. The highest BCUT2D eigenvalue weighted by atomic mass is 16.5. The summed E-state index contributed by atoms with van der Waals surface area (Å²) in [6.45, 7) is 3.16. The van der Waals surface area contributed by atoms with E-state index in [0.717, 1.165) is 42.1 Å². The first-order chi connectivity index (χ1) is 9.05. The molecule has 0 saturated heterocycles. The van der Waals surface area contributed by atoms with Gasteiger partial charge in [-0.3, -0.25) is 0 Å². The minimum absolute atomic E-state index is 0.0894. The molecule has 1 saturated carbocycles. The number of benzene rings is 1. The minimum Gasteiger partial charge on any atom is -0.497 e. The van der Waals surface area contributed by atoms with E-state index in [0.29, 0.717) is 0 Å². The van der Waals surface area contributed by atoms with Crippen LogP contribution in [0.5, 0.6) is 11.5 Å². The molecule has 0 heterocycles. The van der Waals surface area contributed by atoms with Gasteiger partial charge < -0.3 is 19.5 Å². The fraction of sp³-hybridized carbons (Fsp3) is 0.600. The van der Waals surface area contributed by atoms with Crippen molar-refractivity contribution in [3.63, 3.8) is 0 Å². The molecule has 1 aliphatic rings. The number of anilines is 1. The zero-order chi connectivity index (χ0) is 14.0. The maximum absolute atomic E-state index is 9.45. The third kappa shape index (κ3) is 2.78. The van der Waals surface area contributed by atoms with Crippen molar-refractivity contribution in [2.75, 3.05) is 39.3 Å². The van der Waals surface area contributed by atoms with Crippen LogP contribution in [-0.4, -0.2) is 39.5 Å². The Bertz CT molecular complexity index is 455. The van der Waals surface area contributed by atoms with Crippen molar-refractivity contribution in [2.24, 2.45) is 5.41 Å². The van der Waals surface area contributed by atoms with Gasteiger partial charge in [0.2, 0.25) is 0 Å². The minimum atomic E-state index is 0.0894. The Balaban J connectivity index is 2.27. The fourth-order valence-corrected chi connectivity index (χ4v) is 2.60. The zero-order valence-corrected chi connectivity index (χ0v) is 12.2. The molecule has 1 aromatic rings. The fourth-order valence-electron chi connectivity index (χ4n) is 2.60. The molecule has 0 bridgehead atoms. The first-order valence-corrected chi connectivity index (χ1v) is 6.60. The number of ether oxygens (including phenoxy) is 2. The van der Waals surface area contributed by atoms with E-state index in [-0.39, 0.29) is 12.0 Å². The first-order valence-electron chi connectivity index (χ1n) is 6.60. The van der Waals surface area contributed by atoms with Crippen LogP contribution in [0, 0.1) is 12.3 Å². The quantitative estimate of drug-likeness (QED) is 0.856. The summed E-state index contributed by atoms with van der Waals surface area (Å²) in [4.78, 5) is 2.18. The summed E-state index contributed by atoms with van der Waals surface area (Å²) >= 11 is 0. The van der Waals surface area contributed by atoms with Crippen LogP contribution >= 0.6 is 0 Å². The van der Waals surface area contributed by atoms with E-state index >= 15 is 0 Å². The van der Waals surface area contributed by atoms with Gasteiger partial charge in [-0.15, -0.1) is 0 Å². The maximum atomic E-state index is 9.45. The molecule has 1 aromatic carbocycles. The molecule has 1 N–H and O–H groups in total. The summed E-state index contributed by atoms with van der Waals surface area (Å²) in [6.07, 6.45) is 2.21. The van der Waals surface area contributed by atoms with Crippen molar-refractivity contribution in [3.05, 3.63) is 17.7 Å². The predicted octanol–water partition coefficient (Wildman–Crippen LogP) is 2.22. The molecule has 1 aliphatic carbocycles. The van der Waals surface area contributed by atoms with E-state index in [1.807, 2.05) is 19.2 Å². The van der Waals surface area contributed by atoms with Gasteiger partial charge in [-0.1, -0.05) is 0 Å². The van der Waals surface area contributed by atoms with Gasteiger partial charge in [-0.25, -0.2) is 0 Å². The van der Waals surface area contributed by atoms with Crippen LogP contribution < -0.4 is 14.4 Å². The predicted molar refractivity (Wildman–Crippen MR) is 76.3 cm³/mol. The lowest BCUT2D eigenvalue weighted by Gasteiger charge is -2.27. The van der Waals surface area contributed by atoms with Crippen LogP contribution in [0.2, 0.25) is 0 Å². The molecule has 0 radical (unpaired) electrons. The number of nitrogens with zero attached hydrogens (tertiary/aromatic N) is 1. The third-order valence-electron chi connectivity index (χ3n) is 3.94. The van der Waals surface area contributed by atoms with Crippen molar-refractivity contribution in [3.8, 4) is 11.5 Å². The average Bonchev–Trinajstić information content (AvgIpc) is 3.17. The second kappa shape index (κ2) is 5.29. The monoisotopic (exact) mass is 265 g/mol. The number of aliphatic hydroxyl groups excluding tert-OH is 1. The molecule has 4 nitrogen and oxygen atoms in total. The van der Waals surface area contributed by atoms with Gasteiger partial charge in [0.1, 0.15) is 11.5 Å². The van der Waals surface area contributed by atoms with Crippen molar-refractivity contribution < 1.29 is 14.6 Å². The van der Waals surface area contributed by atoms with Crippen LogP contribution in [-0.2, 0) is 0 Å². The summed E-state index contributed by atoms with van der Waals surface area (Å²) in [5.41, 5.74) is 2.28. The standard InChI is InChI=1S/C15H23NO3/c1-11-7-12(18-3)8-13(19-4)14(11)16(2)9-15(10-17)5-6-15/h7-8,17H,5-6,9-10H2,1-4H3. The Morgan fingerprint density at radius 3 is 2.42 bits per heavy atom. The molecule has 0 aliphatic heterocycles. The molecule has 0 aromatic heterocycles. The molecule has 0 amide bonds. The van der Waals surface area contributed by atoms with Gasteiger partial charge in [0.25, 0.3) is 0 Å². The zero-order valence-electron chi connectivity index (χ0n) is 12.2. The van der Waals surface area contributed by atoms with Gasteiger partial charge in [0, 0.05) is 25.1 Å². The third-order valence-corrected chi connectivity index (χ3v) is 3.94. The summed E-state index contributed by atoms with van der Waals surface area (Å²) in [5.74, 6) is 1.61. The lowest BCUT2D eigenvalue weighted by Crippen LogP contribution is -2.29. The highest BCUT2D eigenvalue weighted by Gasteiger charge is 2.43. The van der Waals surface area contributed by atoms with Crippen molar-refractivity contribution in [2.45, 2.75) is 19.8 Å². The number of aryl methyl sites for hydroxylation is 1. The van der Waals surface area contributed by atoms with Crippen LogP contribution in [0.3, 0.4) is 0 Å². The molecule has 19 heavy (non-hydrogen) atoms. The first kappa shape index (κ1) is 14.0. The Hall–Kier alpha value is -1.42. The van der Waals surface area contributed by atoms with Crippen molar-refractivity contribution in [1.82, 2.24) is 0 Å². The van der Waals surface area contributed by atoms with Crippen LogP contribution in [0.15, 0.2) is 12.1 Å². The maximum Gasteiger partial charge on any atom is 0.146 e. The lowest BCUT2D eigenvalue weighted by atomic mass is 10.1.